The fraction of sp³-hybridized carbons (Fsp3) is 0.889. The molecule has 2 nitrogen and oxygen atoms in total. The molecule has 2 aliphatic carbocycles. The molecule has 0 aromatic heterocycles. The maximum Gasteiger partial charge on any atom is 0.306 e. The molecule has 4 aliphatic rings. The van der Waals surface area contributed by atoms with Crippen molar-refractivity contribution in [3.05, 3.63) is 0 Å². The molecular weight excluding hydrogens is 140 g/mol. The first-order valence-electron chi connectivity index (χ1n) is 4.52. The summed E-state index contributed by atoms with van der Waals surface area (Å²) < 4.78 is 5.32. The third-order valence-corrected chi connectivity index (χ3v) is 3.65. The number of hydrogen-bond donors (Lipinski definition) is 0. The van der Waals surface area contributed by atoms with Crippen LogP contribution in [0.1, 0.15) is 25.7 Å². The van der Waals surface area contributed by atoms with Crippen molar-refractivity contribution in [1.82, 2.24) is 0 Å². The summed E-state index contributed by atoms with van der Waals surface area (Å²) in [6.07, 6.45) is 4.79. The number of carbonyl (C=O) groups excluding carboxylic acids is 1. The molecule has 2 aliphatic heterocycles. The van der Waals surface area contributed by atoms with Gasteiger partial charge < -0.3 is 4.74 Å². The summed E-state index contributed by atoms with van der Waals surface area (Å²) in [5.41, 5.74) is 0. The summed E-state index contributed by atoms with van der Waals surface area (Å²) in [4.78, 5) is 11.1. The predicted molar refractivity (Wildman–Crippen MR) is 38.8 cm³/mol. The molecule has 2 saturated carbocycles. The van der Waals surface area contributed by atoms with Crippen LogP contribution in [-0.2, 0) is 9.53 Å². The average Bonchev–Trinajstić information content (AvgIpc) is 2.38. The molecule has 0 spiro atoms. The summed E-state index contributed by atoms with van der Waals surface area (Å²) in [6, 6.07) is 0. The molecule has 4 atom stereocenters. The van der Waals surface area contributed by atoms with Gasteiger partial charge in [-0.3, -0.25) is 4.79 Å². The Balaban J connectivity index is 1.97. The molecule has 11 heavy (non-hydrogen) atoms. The van der Waals surface area contributed by atoms with Crippen LogP contribution >= 0.6 is 0 Å². The zero-order chi connectivity index (χ0) is 7.42. The second-order valence-electron chi connectivity index (χ2n) is 4.22. The Morgan fingerprint density at radius 1 is 1.09 bits per heavy atom. The van der Waals surface area contributed by atoms with E-state index in [0.29, 0.717) is 18.4 Å². The van der Waals surface area contributed by atoms with Gasteiger partial charge in [0, 0.05) is 6.42 Å². The Bertz CT molecular complexity index is 192. The second kappa shape index (κ2) is 1.79. The fourth-order valence-corrected chi connectivity index (χ4v) is 3.17. The van der Waals surface area contributed by atoms with E-state index < -0.39 is 0 Å². The first-order chi connectivity index (χ1) is 5.33. The second-order valence-corrected chi connectivity index (χ2v) is 4.22. The molecule has 2 saturated heterocycles. The molecule has 2 heterocycles. The predicted octanol–water partition coefficient (Wildman–Crippen LogP) is 1.35. The van der Waals surface area contributed by atoms with Gasteiger partial charge in [0.1, 0.15) is 6.10 Å². The monoisotopic (exact) mass is 152 g/mol. The Labute approximate surface area is 65.9 Å². The molecule has 0 amide bonds. The van der Waals surface area contributed by atoms with Gasteiger partial charge in [-0.2, -0.15) is 0 Å². The number of ether oxygens (including phenoxy) is 1. The summed E-state index contributed by atoms with van der Waals surface area (Å²) in [6.45, 7) is 0. The third kappa shape index (κ3) is 0.700. The third-order valence-electron chi connectivity index (χ3n) is 3.65. The van der Waals surface area contributed by atoms with Crippen LogP contribution in [0.15, 0.2) is 0 Å². The standard InChI is InChI=1S/C9H12O2/c10-9-4-6-2-7-1-5(6)3-8(7)11-9/h5-8H,1-4H2. The van der Waals surface area contributed by atoms with E-state index in [1.54, 1.807) is 0 Å². The maximum atomic E-state index is 11.1. The first kappa shape index (κ1) is 6.04. The van der Waals surface area contributed by atoms with Crippen LogP contribution < -0.4 is 0 Å². The van der Waals surface area contributed by atoms with E-state index in [0.717, 1.165) is 11.8 Å². The molecule has 4 unspecified atom stereocenters. The Kier molecular flexibility index (Phi) is 0.984. The molecule has 4 bridgehead atoms. The van der Waals surface area contributed by atoms with Crippen LogP contribution in [0.3, 0.4) is 0 Å². The van der Waals surface area contributed by atoms with Gasteiger partial charge in [0.2, 0.25) is 0 Å². The lowest BCUT2D eigenvalue weighted by Crippen LogP contribution is -2.20. The van der Waals surface area contributed by atoms with E-state index in [1.807, 2.05) is 0 Å². The summed E-state index contributed by atoms with van der Waals surface area (Å²) in [7, 11) is 0. The lowest BCUT2D eigenvalue weighted by atomic mass is 9.87. The Morgan fingerprint density at radius 2 is 1.91 bits per heavy atom. The molecule has 0 aromatic carbocycles. The molecule has 60 valence electrons. The van der Waals surface area contributed by atoms with E-state index in [2.05, 4.69) is 0 Å². The van der Waals surface area contributed by atoms with Crippen molar-refractivity contribution in [3.63, 3.8) is 0 Å². The average molecular weight is 152 g/mol. The summed E-state index contributed by atoms with van der Waals surface area (Å²) in [5, 5.41) is 0. The molecule has 0 N–H and O–H groups in total. The zero-order valence-electron chi connectivity index (χ0n) is 6.45. The van der Waals surface area contributed by atoms with Gasteiger partial charge in [-0.15, -0.1) is 0 Å². The van der Waals surface area contributed by atoms with Gasteiger partial charge in [-0.05, 0) is 37.0 Å². The van der Waals surface area contributed by atoms with Crippen molar-refractivity contribution in [2.24, 2.45) is 17.8 Å². The lowest BCUT2D eigenvalue weighted by Gasteiger charge is -2.19. The number of rotatable bonds is 0. The molecule has 4 rings (SSSR count). The minimum absolute atomic E-state index is 0.0599. The van der Waals surface area contributed by atoms with Crippen LogP contribution in [-0.4, -0.2) is 12.1 Å². The molecular formula is C9H12O2. The van der Waals surface area contributed by atoms with Crippen molar-refractivity contribution in [3.8, 4) is 0 Å². The molecule has 0 radical (unpaired) electrons. The highest BCUT2D eigenvalue weighted by molar-refractivity contribution is 5.70. The van der Waals surface area contributed by atoms with Crippen LogP contribution in [0.5, 0.6) is 0 Å². The van der Waals surface area contributed by atoms with Crippen LogP contribution in [0.2, 0.25) is 0 Å². The Morgan fingerprint density at radius 3 is 2.64 bits per heavy atom. The van der Waals surface area contributed by atoms with Gasteiger partial charge in [-0.25, -0.2) is 0 Å². The number of fused-ring (bicyclic) bond motifs is 2. The topological polar surface area (TPSA) is 26.3 Å². The van der Waals surface area contributed by atoms with Crippen LogP contribution in [0.25, 0.3) is 0 Å². The molecule has 4 fully saturated rings. The van der Waals surface area contributed by atoms with E-state index in [4.69, 9.17) is 4.74 Å². The van der Waals surface area contributed by atoms with Crippen LogP contribution in [0.4, 0.5) is 0 Å². The van der Waals surface area contributed by atoms with E-state index in [-0.39, 0.29) is 5.97 Å². The van der Waals surface area contributed by atoms with Gasteiger partial charge in [-0.1, -0.05) is 0 Å². The van der Waals surface area contributed by atoms with Gasteiger partial charge in [0.15, 0.2) is 0 Å². The number of esters is 1. The number of carbonyl (C=O) groups is 1. The molecule has 0 aromatic rings. The van der Waals surface area contributed by atoms with E-state index >= 15 is 0 Å². The highest BCUT2D eigenvalue weighted by Gasteiger charge is 2.50. The van der Waals surface area contributed by atoms with Crippen molar-refractivity contribution < 1.29 is 9.53 Å². The highest BCUT2D eigenvalue weighted by Crippen LogP contribution is 2.53. The van der Waals surface area contributed by atoms with Gasteiger partial charge in [0.05, 0.1) is 0 Å². The van der Waals surface area contributed by atoms with Crippen LogP contribution in [0, 0.1) is 17.8 Å². The zero-order valence-corrected chi connectivity index (χ0v) is 6.45. The maximum absolute atomic E-state index is 11.1. The van der Waals surface area contributed by atoms with Crippen molar-refractivity contribution >= 4 is 5.97 Å². The van der Waals surface area contributed by atoms with E-state index in [9.17, 15) is 4.79 Å². The number of hydrogen-bond acceptors (Lipinski definition) is 2. The normalized spacial score (nSPS) is 52.9. The smallest absolute Gasteiger partial charge is 0.306 e. The van der Waals surface area contributed by atoms with Crippen molar-refractivity contribution in [2.45, 2.75) is 31.8 Å². The largest absolute Gasteiger partial charge is 0.462 e. The van der Waals surface area contributed by atoms with Crippen molar-refractivity contribution in [1.29, 1.82) is 0 Å². The lowest BCUT2D eigenvalue weighted by molar-refractivity contribution is -0.148. The first-order valence-corrected chi connectivity index (χ1v) is 4.52. The Hall–Kier alpha value is -0.530. The summed E-state index contributed by atoms with van der Waals surface area (Å²) in [5.74, 6) is 2.31. The van der Waals surface area contributed by atoms with Gasteiger partial charge in [0.25, 0.3) is 0 Å². The summed E-state index contributed by atoms with van der Waals surface area (Å²) >= 11 is 0. The van der Waals surface area contributed by atoms with E-state index in [1.165, 1.54) is 19.3 Å². The molecule has 2 heteroatoms. The SMILES string of the molecule is O=C1CC2CC3CC2CC3O1. The quantitative estimate of drug-likeness (QED) is 0.490. The highest BCUT2D eigenvalue weighted by atomic mass is 16.5. The van der Waals surface area contributed by atoms with Crippen molar-refractivity contribution in [2.75, 3.05) is 0 Å². The minimum Gasteiger partial charge on any atom is -0.462 e. The van der Waals surface area contributed by atoms with Gasteiger partial charge >= 0.3 is 5.97 Å². The minimum atomic E-state index is 0.0599. The fourth-order valence-electron chi connectivity index (χ4n) is 3.17.